The second-order valence-electron chi connectivity index (χ2n) is 12.5. The number of pyridine rings is 1. The van der Waals surface area contributed by atoms with Crippen molar-refractivity contribution in [2.45, 2.75) is 0 Å². The Labute approximate surface area is 291 Å². The van der Waals surface area contributed by atoms with Crippen molar-refractivity contribution < 1.29 is 0 Å². The second kappa shape index (κ2) is 12.7. The molecule has 0 atom stereocenters. The number of rotatable bonds is 6. The van der Waals surface area contributed by atoms with E-state index in [2.05, 4.69) is 145 Å². The van der Waals surface area contributed by atoms with Crippen LogP contribution in [0.2, 0.25) is 0 Å². The van der Waals surface area contributed by atoms with Crippen LogP contribution in [0, 0.1) is 0 Å². The first-order chi connectivity index (χ1) is 24.8. The molecule has 9 rings (SSSR count). The van der Waals surface area contributed by atoms with Gasteiger partial charge in [-0.3, -0.25) is 4.98 Å². The molecule has 0 bridgehead atoms. The Kier molecular flexibility index (Phi) is 7.49. The normalized spacial score (nSPS) is 11.2. The van der Waals surface area contributed by atoms with Crippen LogP contribution in [0.25, 0.3) is 89.0 Å². The highest BCUT2D eigenvalue weighted by molar-refractivity contribution is 5.98. The number of benzene rings is 7. The molecule has 2 heterocycles. The Morgan fingerprint density at radius 1 is 0.300 bits per heavy atom. The zero-order chi connectivity index (χ0) is 33.3. The number of nitrogens with zero attached hydrogens (tertiary/aromatic N) is 3. The monoisotopic (exact) mass is 637 g/mol. The fourth-order valence-electron chi connectivity index (χ4n) is 6.77. The summed E-state index contributed by atoms with van der Waals surface area (Å²) in [5, 5.41) is 3.57. The van der Waals surface area contributed by atoms with Gasteiger partial charge < -0.3 is 0 Å². The van der Waals surface area contributed by atoms with Gasteiger partial charge in [-0.05, 0) is 62.9 Å². The predicted molar refractivity (Wildman–Crippen MR) is 207 cm³/mol. The van der Waals surface area contributed by atoms with Gasteiger partial charge in [0.05, 0.1) is 16.9 Å². The fourth-order valence-corrected chi connectivity index (χ4v) is 6.77. The van der Waals surface area contributed by atoms with E-state index in [0.717, 1.165) is 55.7 Å². The third-order valence-corrected chi connectivity index (χ3v) is 9.34. The number of fused-ring (bicyclic) bond motifs is 2. The van der Waals surface area contributed by atoms with Gasteiger partial charge in [0.25, 0.3) is 0 Å². The summed E-state index contributed by atoms with van der Waals surface area (Å²) < 4.78 is 0. The average molecular weight is 638 g/mol. The molecule has 0 radical (unpaired) electrons. The molecule has 3 heteroatoms. The molecule has 9 aromatic rings. The van der Waals surface area contributed by atoms with Gasteiger partial charge in [-0.15, -0.1) is 0 Å². The maximum Gasteiger partial charge on any atom is 0.160 e. The van der Waals surface area contributed by atoms with E-state index in [1.807, 2.05) is 48.7 Å². The molecular weight excluding hydrogens is 607 g/mol. The lowest BCUT2D eigenvalue weighted by atomic mass is 9.90. The molecule has 0 saturated carbocycles. The van der Waals surface area contributed by atoms with Crippen LogP contribution in [-0.4, -0.2) is 15.0 Å². The van der Waals surface area contributed by atoms with E-state index in [1.54, 1.807) is 0 Å². The molecule has 3 nitrogen and oxygen atoms in total. The van der Waals surface area contributed by atoms with Crippen LogP contribution in [0.1, 0.15) is 0 Å². The number of aromatic nitrogens is 3. The van der Waals surface area contributed by atoms with Crippen LogP contribution < -0.4 is 0 Å². The third-order valence-electron chi connectivity index (χ3n) is 9.34. The zero-order valence-corrected chi connectivity index (χ0v) is 27.2. The molecular formula is C47H31N3. The molecule has 234 valence electrons. The lowest BCUT2D eigenvalue weighted by molar-refractivity contribution is 1.18. The van der Waals surface area contributed by atoms with Gasteiger partial charge >= 0.3 is 0 Å². The first-order valence-corrected chi connectivity index (χ1v) is 16.8. The smallest absolute Gasteiger partial charge is 0.160 e. The van der Waals surface area contributed by atoms with Gasteiger partial charge in [0.2, 0.25) is 0 Å². The number of hydrogen-bond donors (Lipinski definition) is 0. The van der Waals surface area contributed by atoms with E-state index < -0.39 is 0 Å². The Bertz CT molecular complexity index is 2550. The molecule has 0 unspecified atom stereocenters. The van der Waals surface area contributed by atoms with Gasteiger partial charge in [-0.1, -0.05) is 158 Å². The molecule has 0 fully saturated rings. The molecule has 0 amide bonds. The summed E-state index contributed by atoms with van der Waals surface area (Å²) in [7, 11) is 0. The summed E-state index contributed by atoms with van der Waals surface area (Å²) in [5.41, 5.74) is 12.9. The van der Waals surface area contributed by atoms with Gasteiger partial charge in [0, 0.05) is 33.8 Å². The number of para-hydroxylation sites is 1. The van der Waals surface area contributed by atoms with Gasteiger partial charge in [-0.2, -0.15) is 0 Å². The first-order valence-electron chi connectivity index (χ1n) is 16.8. The molecule has 0 N–H and O–H groups in total. The van der Waals surface area contributed by atoms with Gasteiger partial charge in [0.15, 0.2) is 5.82 Å². The highest BCUT2D eigenvalue weighted by atomic mass is 14.9. The Balaban J connectivity index is 1.12. The maximum atomic E-state index is 5.04. The van der Waals surface area contributed by atoms with Crippen LogP contribution in [0.4, 0.5) is 0 Å². The van der Waals surface area contributed by atoms with Crippen molar-refractivity contribution >= 4 is 21.7 Å². The second-order valence-corrected chi connectivity index (χ2v) is 12.5. The molecule has 0 saturated heterocycles. The SMILES string of the molecule is c1ccc(-c2cc(-c3ccc(-c4cc5ccccc5cc4-c4ccc(-c5cccc6cccnc56)cc4)cc3)nc(-c3ccccc3)n2)cc1. The molecule has 0 aliphatic heterocycles. The van der Waals surface area contributed by atoms with E-state index in [4.69, 9.17) is 9.97 Å². The predicted octanol–water partition coefficient (Wildman–Crippen LogP) is 12.2. The quantitative estimate of drug-likeness (QED) is 0.182. The largest absolute Gasteiger partial charge is 0.256 e. The topological polar surface area (TPSA) is 38.7 Å². The van der Waals surface area contributed by atoms with E-state index in [1.165, 1.54) is 27.5 Å². The summed E-state index contributed by atoms with van der Waals surface area (Å²) in [6, 6.07) is 63.9. The van der Waals surface area contributed by atoms with Gasteiger partial charge in [0.1, 0.15) is 0 Å². The summed E-state index contributed by atoms with van der Waals surface area (Å²) in [6.45, 7) is 0. The van der Waals surface area contributed by atoms with Crippen molar-refractivity contribution in [2.24, 2.45) is 0 Å². The first kappa shape index (κ1) is 29.4. The van der Waals surface area contributed by atoms with Crippen molar-refractivity contribution in [3.05, 3.63) is 188 Å². The van der Waals surface area contributed by atoms with Crippen LogP contribution in [0.15, 0.2) is 188 Å². The van der Waals surface area contributed by atoms with Crippen molar-refractivity contribution in [2.75, 3.05) is 0 Å². The lowest BCUT2D eigenvalue weighted by Crippen LogP contribution is -1.96. The maximum absolute atomic E-state index is 5.04. The summed E-state index contributed by atoms with van der Waals surface area (Å²) in [6.07, 6.45) is 1.86. The minimum Gasteiger partial charge on any atom is -0.256 e. The molecule has 0 spiro atoms. The molecule has 2 aromatic heterocycles. The van der Waals surface area contributed by atoms with Crippen LogP contribution >= 0.6 is 0 Å². The minimum absolute atomic E-state index is 0.713. The van der Waals surface area contributed by atoms with Crippen molar-refractivity contribution in [3.63, 3.8) is 0 Å². The molecule has 0 aliphatic rings. The number of hydrogen-bond acceptors (Lipinski definition) is 3. The van der Waals surface area contributed by atoms with E-state index in [-0.39, 0.29) is 0 Å². The zero-order valence-electron chi connectivity index (χ0n) is 27.2. The van der Waals surface area contributed by atoms with E-state index >= 15 is 0 Å². The molecule has 50 heavy (non-hydrogen) atoms. The Morgan fingerprint density at radius 2 is 0.760 bits per heavy atom. The molecule has 7 aromatic carbocycles. The average Bonchev–Trinajstić information content (AvgIpc) is 3.21. The fraction of sp³-hybridized carbons (Fsp3) is 0. The standard InChI is InChI=1S/C47H31N3/c1-3-11-35(12-4-1)44-31-45(50-47(49-44)38-13-5-2-6-14-38)36-26-24-34(25-27-36)43-30-40-16-8-7-15-39(40)29-42(43)33-22-20-32(21-23-33)41-19-9-17-37-18-10-28-48-46(37)41/h1-31H. The highest BCUT2D eigenvalue weighted by Crippen LogP contribution is 2.38. The van der Waals surface area contributed by atoms with Crippen molar-refractivity contribution in [3.8, 4) is 67.3 Å². The van der Waals surface area contributed by atoms with Crippen LogP contribution in [0.3, 0.4) is 0 Å². The summed E-state index contributed by atoms with van der Waals surface area (Å²) in [5.74, 6) is 0.713. The van der Waals surface area contributed by atoms with E-state index in [0.29, 0.717) is 5.82 Å². The highest BCUT2D eigenvalue weighted by Gasteiger charge is 2.14. The van der Waals surface area contributed by atoms with Gasteiger partial charge in [-0.25, -0.2) is 9.97 Å². The molecule has 0 aliphatic carbocycles. The minimum atomic E-state index is 0.713. The summed E-state index contributed by atoms with van der Waals surface area (Å²) in [4.78, 5) is 14.7. The Morgan fingerprint density at radius 3 is 1.36 bits per heavy atom. The van der Waals surface area contributed by atoms with Crippen molar-refractivity contribution in [1.29, 1.82) is 0 Å². The van der Waals surface area contributed by atoms with E-state index in [9.17, 15) is 0 Å². The third kappa shape index (κ3) is 5.61. The van der Waals surface area contributed by atoms with Crippen molar-refractivity contribution in [1.82, 2.24) is 15.0 Å². The lowest BCUT2D eigenvalue weighted by Gasteiger charge is -2.15. The van der Waals surface area contributed by atoms with Crippen LogP contribution in [-0.2, 0) is 0 Å². The summed E-state index contributed by atoms with van der Waals surface area (Å²) >= 11 is 0. The Hall–Kier alpha value is -6.71. The van der Waals surface area contributed by atoms with Crippen LogP contribution in [0.5, 0.6) is 0 Å².